The first-order valence-electron chi connectivity index (χ1n) is 6.85. The number of hydrogen-bond donors (Lipinski definition) is 1. The third kappa shape index (κ3) is 3.16. The van der Waals surface area contributed by atoms with Crippen LogP contribution < -0.4 is 10.2 Å². The molecule has 8 heteroatoms. The summed E-state index contributed by atoms with van der Waals surface area (Å²) in [5.41, 5.74) is 0.759. The zero-order valence-corrected chi connectivity index (χ0v) is 13.4. The molecule has 0 radical (unpaired) electrons. The number of nitrogens with one attached hydrogen (secondary N) is 1. The summed E-state index contributed by atoms with van der Waals surface area (Å²) in [5.74, 6) is 0.663. The highest BCUT2D eigenvalue weighted by atomic mass is 79.9. The topological polar surface area (TPSA) is 65.8 Å². The van der Waals surface area contributed by atoms with E-state index in [1.54, 1.807) is 9.42 Å². The molecule has 2 aromatic rings. The molecule has 3 heterocycles. The van der Waals surface area contributed by atoms with Crippen molar-refractivity contribution < 1.29 is 4.79 Å². The maximum atomic E-state index is 12.2. The van der Waals surface area contributed by atoms with Crippen molar-refractivity contribution in [3.63, 3.8) is 0 Å². The highest BCUT2D eigenvalue weighted by Gasteiger charge is 2.19. The van der Waals surface area contributed by atoms with Crippen molar-refractivity contribution in [3.8, 4) is 0 Å². The number of pyridine rings is 1. The number of rotatable bonds is 3. The number of halogens is 1. The van der Waals surface area contributed by atoms with Crippen LogP contribution in [0.4, 0.5) is 5.95 Å². The Kier molecular flexibility index (Phi) is 4.07. The molecule has 0 atom stereocenters. The number of aromatic nitrogens is 3. The van der Waals surface area contributed by atoms with Crippen LogP contribution in [0.3, 0.4) is 0 Å². The van der Waals surface area contributed by atoms with Gasteiger partial charge in [0.1, 0.15) is 0 Å². The second-order valence-corrected chi connectivity index (χ2v) is 5.96. The van der Waals surface area contributed by atoms with Crippen LogP contribution in [0.25, 0.3) is 5.65 Å². The molecule has 7 nitrogen and oxygen atoms in total. The zero-order chi connectivity index (χ0) is 14.8. The van der Waals surface area contributed by atoms with Crippen LogP contribution in [0, 0.1) is 0 Å². The molecular weight excluding hydrogens is 336 g/mol. The first-order chi connectivity index (χ1) is 10.1. The number of hydrogen-bond acceptors (Lipinski definition) is 5. The molecule has 1 aliphatic rings. The van der Waals surface area contributed by atoms with Gasteiger partial charge in [0.05, 0.1) is 6.54 Å². The largest absolute Gasteiger partial charge is 0.339 e. The Balaban J connectivity index is 1.71. The standard InChI is InChI=1S/C13H17BrN6O/c1-18(9-12(21)19-6-4-15-5-7-19)13-16-11-3-2-10(14)8-20(11)17-13/h2-3,8,15H,4-7,9H2,1H3. The van der Waals surface area contributed by atoms with Gasteiger partial charge in [0.15, 0.2) is 5.65 Å². The summed E-state index contributed by atoms with van der Waals surface area (Å²) >= 11 is 3.40. The molecule has 1 fully saturated rings. The van der Waals surface area contributed by atoms with Crippen molar-refractivity contribution >= 4 is 33.4 Å². The van der Waals surface area contributed by atoms with E-state index in [2.05, 4.69) is 31.3 Å². The number of fused-ring (bicyclic) bond motifs is 1. The van der Waals surface area contributed by atoms with E-state index in [9.17, 15) is 4.79 Å². The van der Waals surface area contributed by atoms with E-state index >= 15 is 0 Å². The predicted molar refractivity (Wildman–Crippen MR) is 83.4 cm³/mol. The van der Waals surface area contributed by atoms with Crippen molar-refractivity contribution in [2.24, 2.45) is 0 Å². The minimum absolute atomic E-state index is 0.110. The van der Waals surface area contributed by atoms with E-state index in [0.29, 0.717) is 5.95 Å². The molecule has 1 amide bonds. The molecule has 0 bridgehead atoms. The Morgan fingerprint density at radius 1 is 1.43 bits per heavy atom. The molecule has 2 aromatic heterocycles. The summed E-state index contributed by atoms with van der Waals surface area (Å²) in [5, 5.41) is 7.63. The fourth-order valence-electron chi connectivity index (χ4n) is 2.30. The summed E-state index contributed by atoms with van der Waals surface area (Å²) in [7, 11) is 1.84. The Hall–Kier alpha value is -1.67. The van der Waals surface area contributed by atoms with Crippen molar-refractivity contribution in [1.82, 2.24) is 24.8 Å². The molecule has 1 N–H and O–H groups in total. The van der Waals surface area contributed by atoms with Crippen LogP contribution in [-0.2, 0) is 4.79 Å². The molecular formula is C13H17BrN6O. The van der Waals surface area contributed by atoms with Gasteiger partial charge in [-0.15, -0.1) is 5.10 Å². The molecule has 1 aliphatic heterocycles. The van der Waals surface area contributed by atoms with E-state index in [-0.39, 0.29) is 12.5 Å². The lowest BCUT2D eigenvalue weighted by atomic mass is 10.3. The van der Waals surface area contributed by atoms with Gasteiger partial charge in [-0.2, -0.15) is 4.98 Å². The van der Waals surface area contributed by atoms with Crippen LogP contribution in [0.15, 0.2) is 22.8 Å². The SMILES string of the molecule is CN(CC(=O)N1CCNCC1)c1nc2ccc(Br)cn2n1. The van der Waals surface area contributed by atoms with Gasteiger partial charge in [-0.25, -0.2) is 4.52 Å². The van der Waals surface area contributed by atoms with Gasteiger partial charge in [-0.1, -0.05) is 0 Å². The summed E-state index contributed by atoms with van der Waals surface area (Å²) in [6.07, 6.45) is 1.85. The number of carbonyl (C=O) groups is 1. The van der Waals surface area contributed by atoms with Crippen molar-refractivity contribution in [1.29, 1.82) is 0 Å². The lowest BCUT2D eigenvalue weighted by Gasteiger charge is -2.28. The number of anilines is 1. The zero-order valence-electron chi connectivity index (χ0n) is 11.8. The molecule has 0 unspecified atom stereocenters. The van der Waals surface area contributed by atoms with Crippen LogP contribution >= 0.6 is 15.9 Å². The Morgan fingerprint density at radius 3 is 2.95 bits per heavy atom. The Labute approximate surface area is 131 Å². The summed E-state index contributed by atoms with van der Waals surface area (Å²) in [6, 6.07) is 3.80. The van der Waals surface area contributed by atoms with Gasteiger partial charge in [-0.3, -0.25) is 4.79 Å². The molecule has 0 spiro atoms. The number of likely N-dealkylation sites (N-methyl/N-ethyl adjacent to an activating group) is 1. The number of piperazine rings is 1. The van der Waals surface area contributed by atoms with Crippen LogP contribution in [0.5, 0.6) is 0 Å². The number of nitrogens with zero attached hydrogens (tertiary/aromatic N) is 5. The van der Waals surface area contributed by atoms with Crippen molar-refractivity contribution in [3.05, 3.63) is 22.8 Å². The molecule has 1 saturated heterocycles. The smallest absolute Gasteiger partial charge is 0.245 e. The summed E-state index contributed by atoms with van der Waals surface area (Å²) < 4.78 is 2.64. The summed E-state index contributed by atoms with van der Waals surface area (Å²) in [4.78, 5) is 20.3. The van der Waals surface area contributed by atoms with Crippen LogP contribution in [-0.4, -0.2) is 65.2 Å². The lowest BCUT2D eigenvalue weighted by molar-refractivity contribution is -0.130. The van der Waals surface area contributed by atoms with Gasteiger partial charge in [0.25, 0.3) is 0 Å². The van der Waals surface area contributed by atoms with E-state index in [0.717, 1.165) is 36.3 Å². The van der Waals surface area contributed by atoms with E-state index in [1.807, 2.05) is 30.3 Å². The van der Waals surface area contributed by atoms with Crippen LogP contribution in [0.1, 0.15) is 0 Å². The minimum Gasteiger partial charge on any atom is -0.339 e. The van der Waals surface area contributed by atoms with Crippen molar-refractivity contribution in [2.45, 2.75) is 0 Å². The molecule has 3 rings (SSSR count). The highest BCUT2D eigenvalue weighted by Crippen LogP contribution is 2.14. The van der Waals surface area contributed by atoms with Gasteiger partial charge in [0.2, 0.25) is 11.9 Å². The van der Waals surface area contributed by atoms with E-state index in [4.69, 9.17) is 0 Å². The Morgan fingerprint density at radius 2 is 2.19 bits per heavy atom. The lowest BCUT2D eigenvalue weighted by Crippen LogP contribution is -2.49. The number of amides is 1. The second kappa shape index (κ2) is 5.98. The van der Waals surface area contributed by atoms with Gasteiger partial charge in [-0.05, 0) is 28.1 Å². The van der Waals surface area contributed by atoms with E-state index in [1.165, 1.54) is 0 Å². The number of carbonyl (C=O) groups excluding carboxylic acids is 1. The van der Waals surface area contributed by atoms with E-state index < -0.39 is 0 Å². The highest BCUT2D eigenvalue weighted by molar-refractivity contribution is 9.10. The van der Waals surface area contributed by atoms with Crippen molar-refractivity contribution in [2.75, 3.05) is 44.7 Å². The monoisotopic (exact) mass is 352 g/mol. The average Bonchev–Trinajstić information content (AvgIpc) is 2.91. The predicted octanol–water partition coefficient (Wildman–Crippen LogP) is 0.360. The molecule has 0 aliphatic carbocycles. The third-order valence-corrected chi connectivity index (χ3v) is 3.94. The van der Waals surface area contributed by atoms with Gasteiger partial charge < -0.3 is 15.1 Å². The maximum Gasteiger partial charge on any atom is 0.245 e. The summed E-state index contributed by atoms with van der Waals surface area (Å²) in [6.45, 7) is 3.53. The molecule has 21 heavy (non-hydrogen) atoms. The Bertz CT molecular complexity index is 651. The normalized spacial score (nSPS) is 15.4. The minimum atomic E-state index is 0.110. The van der Waals surface area contributed by atoms with Gasteiger partial charge >= 0.3 is 0 Å². The quantitative estimate of drug-likeness (QED) is 0.863. The third-order valence-electron chi connectivity index (χ3n) is 3.47. The molecule has 112 valence electrons. The maximum absolute atomic E-state index is 12.2. The fourth-order valence-corrected chi connectivity index (χ4v) is 2.62. The average molecular weight is 353 g/mol. The van der Waals surface area contributed by atoms with Gasteiger partial charge in [0, 0.05) is 43.9 Å². The second-order valence-electron chi connectivity index (χ2n) is 5.05. The first kappa shape index (κ1) is 14.3. The van der Waals surface area contributed by atoms with Crippen LogP contribution in [0.2, 0.25) is 0 Å². The fraction of sp³-hybridized carbons (Fsp3) is 0.462. The first-order valence-corrected chi connectivity index (χ1v) is 7.64. The molecule has 0 aromatic carbocycles. The molecule has 0 saturated carbocycles.